The largest absolute Gasteiger partial charge is 0.309 e. The number of para-hydroxylation sites is 3. The molecule has 2 heteroatoms. The van der Waals surface area contributed by atoms with Crippen molar-refractivity contribution in [3.05, 3.63) is 89.4 Å². The first kappa shape index (κ1) is 13.7. The Hall–Kier alpha value is -2.25. The summed E-state index contributed by atoms with van der Waals surface area (Å²) in [6.07, 6.45) is 0. The average Bonchev–Trinajstić information content (AvgIpc) is 2.52. The van der Waals surface area contributed by atoms with E-state index in [4.69, 9.17) is 11.6 Å². The number of aryl methyl sites for hydroxylation is 1. The Labute approximate surface area is 130 Å². The summed E-state index contributed by atoms with van der Waals surface area (Å²) in [5.74, 6) is 0. The van der Waals surface area contributed by atoms with Crippen molar-refractivity contribution in [3.63, 3.8) is 0 Å². The highest BCUT2D eigenvalue weighted by Gasteiger charge is 2.15. The van der Waals surface area contributed by atoms with Gasteiger partial charge in [0.25, 0.3) is 0 Å². The van der Waals surface area contributed by atoms with E-state index in [0.717, 1.165) is 22.1 Å². The van der Waals surface area contributed by atoms with Crippen LogP contribution in [0.2, 0.25) is 5.02 Å². The summed E-state index contributed by atoms with van der Waals surface area (Å²) < 4.78 is 0. The standard InChI is InChI=1S/C19H16ClN/c1-15-9-5-7-13-18(15)21(16-10-3-2-4-11-16)19-14-8-6-12-17(19)20/h2-14H,1H3. The Balaban J connectivity index is 2.22. The van der Waals surface area contributed by atoms with Gasteiger partial charge in [-0.25, -0.2) is 0 Å². The molecule has 0 saturated heterocycles. The Kier molecular flexibility index (Phi) is 3.94. The molecule has 21 heavy (non-hydrogen) atoms. The molecule has 0 aliphatic heterocycles. The van der Waals surface area contributed by atoms with E-state index in [0.29, 0.717) is 0 Å². The smallest absolute Gasteiger partial charge is 0.0648 e. The van der Waals surface area contributed by atoms with E-state index in [-0.39, 0.29) is 0 Å². The second-order valence-electron chi connectivity index (χ2n) is 4.91. The second kappa shape index (κ2) is 6.02. The highest BCUT2D eigenvalue weighted by molar-refractivity contribution is 6.33. The molecule has 1 nitrogen and oxygen atoms in total. The summed E-state index contributed by atoms with van der Waals surface area (Å²) in [5.41, 5.74) is 4.43. The van der Waals surface area contributed by atoms with Gasteiger partial charge in [0, 0.05) is 11.4 Å². The number of anilines is 3. The highest BCUT2D eigenvalue weighted by Crippen LogP contribution is 2.39. The molecule has 0 radical (unpaired) electrons. The van der Waals surface area contributed by atoms with Gasteiger partial charge in [0.1, 0.15) is 0 Å². The molecule has 0 aliphatic carbocycles. The zero-order valence-corrected chi connectivity index (χ0v) is 12.6. The van der Waals surface area contributed by atoms with Crippen molar-refractivity contribution in [2.45, 2.75) is 6.92 Å². The monoisotopic (exact) mass is 293 g/mol. The van der Waals surface area contributed by atoms with Gasteiger partial charge in [-0.3, -0.25) is 0 Å². The van der Waals surface area contributed by atoms with Crippen molar-refractivity contribution < 1.29 is 0 Å². The van der Waals surface area contributed by atoms with Crippen molar-refractivity contribution in [2.24, 2.45) is 0 Å². The summed E-state index contributed by atoms with van der Waals surface area (Å²) in [6.45, 7) is 2.11. The molecule has 3 aromatic rings. The summed E-state index contributed by atoms with van der Waals surface area (Å²) >= 11 is 6.43. The first-order valence-electron chi connectivity index (χ1n) is 6.93. The van der Waals surface area contributed by atoms with Gasteiger partial charge in [-0.1, -0.05) is 60.1 Å². The Bertz CT molecular complexity index is 692. The van der Waals surface area contributed by atoms with Crippen LogP contribution in [0.5, 0.6) is 0 Å². The third kappa shape index (κ3) is 2.79. The van der Waals surface area contributed by atoms with E-state index in [1.165, 1.54) is 5.56 Å². The minimum absolute atomic E-state index is 0.740. The molecule has 104 valence electrons. The molecule has 0 fully saturated rings. The maximum atomic E-state index is 6.43. The molecule has 0 bridgehead atoms. The van der Waals surface area contributed by atoms with E-state index in [1.54, 1.807) is 0 Å². The summed E-state index contributed by atoms with van der Waals surface area (Å²) in [5, 5.41) is 0.740. The predicted molar refractivity (Wildman–Crippen MR) is 90.9 cm³/mol. The van der Waals surface area contributed by atoms with Gasteiger partial charge in [0.2, 0.25) is 0 Å². The molecular weight excluding hydrogens is 278 g/mol. The Morgan fingerprint density at radius 2 is 1.24 bits per heavy atom. The first-order chi connectivity index (χ1) is 10.3. The maximum absolute atomic E-state index is 6.43. The molecule has 0 atom stereocenters. The number of halogens is 1. The van der Waals surface area contributed by atoms with Gasteiger partial charge in [-0.15, -0.1) is 0 Å². The lowest BCUT2D eigenvalue weighted by Crippen LogP contribution is -2.11. The number of benzene rings is 3. The van der Waals surface area contributed by atoms with Crippen LogP contribution in [0, 0.1) is 6.92 Å². The fourth-order valence-electron chi connectivity index (χ4n) is 2.43. The van der Waals surface area contributed by atoms with Gasteiger partial charge in [0.15, 0.2) is 0 Å². The van der Waals surface area contributed by atoms with Crippen molar-refractivity contribution in [1.82, 2.24) is 0 Å². The molecule has 0 aromatic heterocycles. The molecule has 0 heterocycles. The van der Waals surface area contributed by atoms with Crippen LogP contribution in [0.25, 0.3) is 0 Å². The topological polar surface area (TPSA) is 3.24 Å². The maximum Gasteiger partial charge on any atom is 0.0648 e. The van der Waals surface area contributed by atoms with Crippen LogP contribution in [0.15, 0.2) is 78.9 Å². The van der Waals surface area contributed by atoms with E-state index < -0.39 is 0 Å². The Morgan fingerprint density at radius 1 is 0.667 bits per heavy atom. The molecule has 0 aliphatic rings. The number of rotatable bonds is 3. The zero-order valence-electron chi connectivity index (χ0n) is 11.8. The van der Waals surface area contributed by atoms with E-state index in [9.17, 15) is 0 Å². The van der Waals surface area contributed by atoms with Gasteiger partial charge in [0.05, 0.1) is 10.7 Å². The lowest BCUT2D eigenvalue weighted by Gasteiger charge is -2.27. The minimum Gasteiger partial charge on any atom is -0.309 e. The van der Waals surface area contributed by atoms with Crippen LogP contribution in [0.1, 0.15) is 5.56 Å². The first-order valence-corrected chi connectivity index (χ1v) is 7.30. The van der Waals surface area contributed by atoms with Crippen LogP contribution < -0.4 is 4.90 Å². The normalized spacial score (nSPS) is 10.4. The lowest BCUT2D eigenvalue weighted by molar-refractivity contribution is 1.25. The van der Waals surface area contributed by atoms with E-state index >= 15 is 0 Å². The van der Waals surface area contributed by atoms with Gasteiger partial charge in [-0.05, 0) is 42.8 Å². The minimum atomic E-state index is 0.740. The Morgan fingerprint density at radius 3 is 1.90 bits per heavy atom. The predicted octanol–water partition coefficient (Wildman–Crippen LogP) is 6.12. The molecule has 0 spiro atoms. The summed E-state index contributed by atoms with van der Waals surface area (Å²) in [4.78, 5) is 2.19. The third-order valence-corrected chi connectivity index (χ3v) is 3.78. The van der Waals surface area contributed by atoms with Gasteiger partial charge in [-0.2, -0.15) is 0 Å². The van der Waals surface area contributed by atoms with Crippen LogP contribution in [-0.4, -0.2) is 0 Å². The van der Waals surface area contributed by atoms with Gasteiger partial charge >= 0.3 is 0 Å². The van der Waals surface area contributed by atoms with E-state index in [2.05, 4.69) is 48.2 Å². The molecule has 0 saturated carbocycles. The van der Waals surface area contributed by atoms with Crippen molar-refractivity contribution in [1.29, 1.82) is 0 Å². The average molecular weight is 294 g/mol. The van der Waals surface area contributed by atoms with Crippen LogP contribution in [0.3, 0.4) is 0 Å². The summed E-state index contributed by atoms with van der Waals surface area (Å²) in [6, 6.07) is 26.5. The number of hydrogen-bond donors (Lipinski definition) is 0. The SMILES string of the molecule is Cc1ccccc1N(c1ccccc1)c1ccccc1Cl. The lowest BCUT2D eigenvalue weighted by atomic mass is 10.1. The number of nitrogens with zero attached hydrogens (tertiary/aromatic N) is 1. The fraction of sp³-hybridized carbons (Fsp3) is 0.0526. The zero-order chi connectivity index (χ0) is 14.7. The molecule has 3 rings (SSSR count). The quantitative estimate of drug-likeness (QED) is 0.562. The van der Waals surface area contributed by atoms with E-state index in [1.807, 2.05) is 42.5 Å². The third-order valence-electron chi connectivity index (χ3n) is 3.46. The fourth-order valence-corrected chi connectivity index (χ4v) is 2.65. The van der Waals surface area contributed by atoms with Crippen molar-refractivity contribution in [2.75, 3.05) is 4.90 Å². The van der Waals surface area contributed by atoms with Crippen molar-refractivity contribution in [3.8, 4) is 0 Å². The molecule has 0 amide bonds. The molecule has 0 unspecified atom stereocenters. The van der Waals surface area contributed by atoms with Crippen LogP contribution in [-0.2, 0) is 0 Å². The summed E-state index contributed by atoms with van der Waals surface area (Å²) in [7, 11) is 0. The number of hydrogen-bond acceptors (Lipinski definition) is 1. The highest BCUT2D eigenvalue weighted by atomic mass is 35.5. The second-order valence-corrected chi connectivity index (χ2v) is 5.32. The molecule has 3 aromatic carbocycles. The molecule has 0 N–H and O–H groups in total. The van der Waals surface area contributed by atoms with Crippen LogP contribution >= 0.6 is 11.6 Å². The van der Waals surface area contributed by atoms with Gasteiger partial charge < -0.3 is 4.90 Å². The van der Waals surface area contributed by atoms with Crippen molar-refractivity contribution >= 4 is 28.7 Å². The van der Waals surface area contributed by atoms with Crippen LogP contribution in [0.4, 0.5) is 17.1 Å². The molecular formula is C19H16ClN.